The molecule has 0 saturated heterocycles. The van der Waals surface area contributed by atoms with Crippen molar-refractivity contribution >= 4 is 5.90 Å². The zero-order valence-corrected chi connectivity index (χ0v) is 13.9. The highest BCUT2D eigenvalue weighted by Crippen LogP contribution is 2.21. The third-order valence-electron chi connectivity index (χ3n) is 3.60. The number of nitrogens with zero attached hydrogens (tertiary/aromatic N) is 3. The van der Waals surface area contributed by atoms with Crippen LogP contribution in [-0.2, 0) is 4.84 Å². The molecule has 0 amide bonds. The van der Waals surface area contributed by atoms with Crippen LogP contribution in [0.25, 0.3) is 0 Å². The third kappa shape index (κ3) is 9.93. The number of aliphatic imine (C=N–C) groups is 1. The van der Waals surface area contributed by atoms with Gasteiger partial charge < -0.3 is 4.84 Å². The lowest BCUT2D eigenvalue weighted by Crippen LogP contribution is -2.16. The number of hydrogen-bond acceptors (Lipinski definition) is 4. The van der Waals surface area contributed by atoms with Gasteiger partial charge in [-0.05, 0) is 12.8 Å². The van der Waals surface area contributed by atoms with Crippen LogP contribution in [0.15, 0.2) is 15.4 Å². The Bertz CT molecular complexity index is 252. The Morgan fingerprint density at radius 1 is 0.850 bits per heavy atom. The molecule has 0 heterocycles. The van der Waals surface area contributed by atoms with E-state index in [4.69, 9.17) is 4.84 Å². The molecule has 0 atom stereocenters. The first-order chi connectivity index (χ1) is 9.79. The summed E-state index contributed by atoms with van der Waals surface area (Å²) < 4.78 is 0. The first-order valence-corrected chi connectivity index (χ1v) is 8.22. The standard InChI is InChI=1S/C16H33N3O/c1-5-7-9-11-13-15(14-12-10-8-6-2)16(17-3)20-19-18-4/h15H,5-14H2,1-4H3. The van der Waals surface area contributed by atoms with E-state index in [1.54, 1.807) is 14.1 Å². The van der Waals surface area contributed by atoms with E-state index in [0.717, 1.165) is 18.7 Å². The van der Waals surface area contributed by atoms with Gasteiger partial charge in [-0.1, -0.05) is 65.2 Å². The molecular weight excluding hydrogens is 250 g/mol. The van der Waals surface area contributed by atoms with E-state index in [1.807, 2.05) is 0 Å². The average Bonchev–Trinajstić information content (AvgIpc) is 2.47. The Kier molecular flexibility index (Phi) is 13.8. The molecule has 118 valence electrons. The molecule has 0 unspecified atom stereocenters. The van der Waals surface area contributed by atoms with Crippen LogP contribution in [0.3, 0.4) is 0 Å². The molecule has 0 aliphatic rings. The Morgan fingerprint density at radius 2 is 1.40 bits per heavy atom. The minimum absolute atomic E-state index is 0.402. The molecule has 0 aliphatic carbocycles. The van der Waals surface area contributed by atoms with E-state index in [0.29, 0.717) is 5.92 Å². The summed E-state index contributed by atoms with van der Waals surface area (Å²) in [4.78, 5) is 9.59. The van der Waals surface area contributed by atoms with Gasteiger partial charge in [0.2, 0.25) is 5.90 Å². The Labute approximate surface area is 125 Å². The normalized spacial score (nSPS) is 12.6. The van der Waals surface area contributed by atoms with Crippen LogP contribution in [-0.4, -0.2) is 20.0 Å². The molecule has 0 spiro atoms. The molecule has 0 saturated carbocycles. The van der Waals surface area contributed by atoms with Gasteiger partial charge in [0.05, 0.1) is 7.05 Å². The van der Waals surface area contributed by atoms with Gasteiger partial charge in [0.25, 0.3) is 0 Å². The topological polar surface area (TPSA) is 46.3 Å². The van der Waals surface area contributed by atoms with Crippen LogP contribution in [0, 0.1) is 5.92 Å². The Hall–Kier alpha value is -0.930. The predicted molar refractivity (Wildman–Crippen MR) is 86.2 cm³/mol. The fourth-order valence-corrected chi connectivity index (χ4v) is 2.41. The Morgan fingerprint density at radius 3 is 1.80 bits per heavy atom. The molecule has 0 aliphatic heterocycles. The molecule has 0 aromatic heterocycles. The molecule has 0 N–H and O–H groups in total. The van der Waals surface area contributed by atoms with Crippen molar-refractivity contribution in [3.8, 4) is 0 Å². The van der Waals surface area contributed by atoms with Crippen LogP contribution in [0.1, 0.15) is 78.1 Å². The van der Waals surface area contributed by atoms with Gasteiger partial charge in [-0.2, -0.15) is 5.11 Å². The average molecular weight is 283 g/mol. The van der Waals surface area contributed by atoms with E-state index < -0.39 is 0 Å². The summed E-state index contributed by atoms with van der Waals surface area (Å²) >= 11 is 0. The van der Waals surface area contributed by atoms with Crippen molar-refractivity contribution in [3.05, 3.63) is 0 Å². The molecule has 0 radical (unpaired) electrons. The zero-order valence-electron chi connectivity index (χ0n) is 13.9. The lowest BCUT2D eigenvalue weighted by molar-refractivity contribution is 0.261. The highest BCUT2D eigenvalue weighted by atomic mass is 16.6. The van der Waals surface area contributed by atoms with Crippen LogP contribution in [0.4, 0.5) is 0 Å². The second-order valence-corrected chi connectivity index (χ2v) is 5.33. The molecule has 0 bridgehead atoms. The summed E-state index contributed by atoms with van der Waals surface area (Å²) in [5.41, 5.74) is 0. The zero-order chi connectivity index (χ0) is 15.1. The maximum absolute atomic E-state index is 5.32. The SMILES string of the molecule is CCCCCCC(CCCCCC)C(=NC)ON=NC. The Balaban J connectivity index is 4.26. The van der Waals surface area contributed by atoms with Gasteiger partial charge in [-0.25, -0.2) is 0 Å². The van der Waals surface area contributed by atoms with E-state index in [1.165, 1.54) is 51.4 Å². The third-order valence-corrected chi connectivity index (χ3v) is 3.60. The van der Waals surface area contributed by atoms with Gasteiger partial charge in [-0.15, -0.1) is 0 Å². The summed E-state index contributed by atoms with van der Waals surface area (Å²) in [6.07, 6.45) is 12.6. The smallest absolute Gasteiger partial charge is 0.224 e. The molecule has 20 heavy (non-hydrogen) atoms. The predicted octanol–water partition coefficient (Wildman–Crippen LogP) is 5.59. The van der Waals surface area contributed by atoms with Crippen molar-refractivity contribution in [1.82, 2.24) is 0 Å². The van der Waals surface area contributed by atoms with Crippen molar-refractivity contribution < 1.29 is 4.84 Å². The summed E-state index contributed by atoms with van der Waals surface area (Å²) in [5.74, 6) is 1.16. The van der Waals surface area contributed by atoms with Crippen molar-refractivity contribution in [1.29, 1.82) is 0 Å². The van der Waals surface area contributed by atoms with E-state index in [2.05, 4.69) is 29.2 Å². The molecule has 4 nitrogen and oxygen atoms in total. The molecule has 0 aromatic rings. The largest absolute Gasteiger partial charge is 0.324 e. The second-order valence-electron chi connectivity index (χ2n) is 5.33. The summed E-state index contributed by atoms with van der Waals surface area (Å²) in [6.45, 7) is 4.48. The van der Waals surface area contributed by atoms with E-state index >= 15 is 0 Å². The molecule has 0 rings (SSSR count). The maximum atomic E-state index is 5.32. The van der Waals surface area contributed by atoms with Crippen molar-refractivity contribution in [2.75, 3.05) is 14.1 Å². The molecular formula is C16H33N3O. The highest BCUT2D eigenvalue weighted by molar-refractivity contribution is 5.78. The number of hydrogen-bond donors (Lipinski definition) is 0. The highest BCUT2D eigenvalue weighted by Gasteiger charge is 2.17. The summed E-state index contributed by atoms with van der Waals surface area (Å²) in [5, 5.41) is 7.29. The van der Waals surface area contributed by atoms with Crippen LogP contribution >= 0.6 is 0 Å². The molecule has 0 fully saturated rings. The summed E-state index contributed by atoms with van der Waals surface area (Å²) in [6, 6.07) is 0. The molecule has 0 aromatic carbocycles. The van der Waals surface area contributed by atoms with Gasteiger partial charge in [-0.3, -0.25) is 4.99 Å². The van der Waals surface area contributed by atoms with Crippen molar-refractivity contribution in [2.24, 2.45) is 21.3 Å². The van der Waals surface area contributed by atoms with Crippen molar-refractivity contribution in [3.63, 3.8) is 0 Å². The maximum Gasteiger partial charge on any atom is 0.224 e. The van der Waals surface area contributed by atoms with Crippen LogP contribution in [0.5, 0.6) is 0 Å². The first-order valence-electron chi connectivity index (χ1n) is 8.22. The van der Waals surface area contributed by atoms with Gasteiger partial charge in [0.15, 0.2) is 0 Å². The lowest BCUT2D eigenvalue weighted by atomic mass is 9.94. The fourth-order valence-electron chi connectivity index (χ4n) is 2.41. The van der Waals surface area contributed by atoms with Crippen LogP contribution < -0.4 is 0 Å². The van der Waals surface area contributed by atoms with E-state index in [-0.39, 0.29) is 0 Å². The monoisotopic (exact) mass is 283 g/mol. The van der Waals surface area contributed by atoms with Gasteiger partial charge in [0, 0.05) is 18.2 Å². The number of unbranched alkanes of at least 4 members (excludes halogenated alkanes) is 6. The van der Waals surface area contributed by atoms with Crippen LogP contribution in [0.2, 0.25) is 0 Å². The van der Waals surface area contributed by atoms with Gasteiger partial charge in [0.1, 0.15) is 0 Å². The fraction of sp³-hybridized carbons (Fsp3) is 0.938. The first kappa shape index (κ1) is 19.1. The quantitative estimate of drug-likeness (QED) is 0.151. The van der Waals surface area contributed by atoms with E-state index in [9.17, 15) is 0 Å². The van der Waals surface area contributed by atoms with Gasteiger partial charge >= 0.3 is 0 Å². The summed E-state index contributed by atoms with van der Waals surface area (Å²) in [7, 11) is 3.40. The minimum atomic E-state index is 0.402. The lowest BCUT2D eigenvalue weighted by Gasteiger charge is -2.16. The number of rotatable bonds is 12. The second kappa shape index (κ2) is 14.5. The minimum Gasteiger partial charge on any atom is -0.324 e. The molecule has 4 heteroatoms. The van der Waals surface area contributed by atoms with Crippen molar-refractivity contribution in [2.45, 2.75) is 78.1 Å².